The van der Waals surface area contributed by atoms with Gasteiger partial charge in [-0.15, -0.1) is 0 Å². The Kier molecular flexibility index (Phi) is 4.54. The second-order valence-corrected chi connectivity index (χ2v) is 5.25. The number of aliphatic hydroxyl groups is 1. The summed E-state index contributed by atoms with van der Waals surface area (Å²) in [4.78, 5) is 10.4. The summed E-state index contributed by atoms with van der Waals surface area (Å²) in [6.45, 7) is 1.51. The lowest BCUT2D eigenvalue weighted by Gasteiger charge is -2.10. The molecule has 0 saturated carbocycles. The van der Waals surface area contributed by atoms with Crippen molar-refractivity contribution >= 4 is 21.6 Å². The fourth-order valence-corrected chi connectivity index (χ4v) is 2.05. The topological polar surface area (TPSA) is 72.6 Å². The summed E-state index contributed by atoms with van der Waals surface area (Å²) in [5, 5.41) is 20.3. The number of ether oxygens (including phenoxy) is 1. The second kappa shape index (κ2) is 6.19. The van der Waals surface area contributed by atoms with Crippen LogP contribution in [0.4, 0.5) is 10.1 Å². The molecule has 5 nitrogen and oxygen atoms in total. The number of rotatable bonds is 4. The predicted molar refractivity (Wildman–Crippen MR) is 77.9 cm³/mol. The minimum atomic E-state index is -0.810. The van der Waals surface area contributed by atoms with E-state index in [2.05, 4.69) is 15.9 Å². The molecule has 110 valence electrons. The van der Waals surface area contributed by atoms with Gasteiger partial charge in [0.2, 0.25) is 5.75 Å². The van der Waals surface area contributed by atoms with Crippen LogP contribution in [-0.4, -0.2) is 10.0 Å². The van der Waals surface area contributed by atoms with Gasteiger partial charge in [-0.2, -0.15) is 0 Å². The van der Waals surface area contributed by atoms with E-state index in [4.69, 9.17) is 4.74 Å². The molecule has 0 bridgehead atoms. The summed E-state index contributed by atoms with van der Waals surface area (Å²) in [5.74, 6) is -0.915. The van der Waals surface area contributed by atoms with Crippen LogP contribution in [0.1, 0.15) is 18.6 Å². The molecular weight excluding hydrogens is 345 g/mol. The fourth-order valence-electron chi connectivity index (χ4n) is 1.70. The average Bonchev–Trinajstić information content (AvgIpc) is 2.42. The Labute approximate surface area is 128 Å². The summed E-state index contributed by atoms with van der Waals surface area (Å²) in [6.07, 6.45) is -0.810. The first-order valence-electron chi connectivity index (χ1n) is 5.98. The van der Waals surface area contributed by atoms with Crippen LogP contribution in [0.2, 0.25) is 0 Å². The molecule has 0 aliphatic carbocycles. The number of nitro benzene ring substituents is 1. The summed E-state index contributed by atoms with van der Waals surface area (Å²) in [5.41, 5.74) is 0.119. The van der Waals surface area contributed by atoms with Crippen LogP contribution in [0.25, 0.3) is 0 Å². The number of hydrogen-bond donors (Lipinski definition) is 1. The van der Waals surface area contributed by atoms with Crippen LogP contribution < -0.4 is 4.74 Å². The van der Waals surface area contributed by atoms with E-state index in [-0.39, 0.29) is 17.2 Å². The third-order valence-electron chi connectivity index (χ3n) is 2.78. The Morgan fingerprint density at radius 1 is 1.29 bits per heavy atom. The highest BCUT2D eigenvalue weighted by Gasteiger charge is 2.18. The maximum absolute atomic E-state index is 13.9. The minimum absolute atomic E-state index is 0.0631. The summed E-state index contributed by atoms with van der Waals surface area (Å²) in [7, 11) is 0. The smallest absolute Gasteiger partial charge is 0.312 e. The van der Waals surface area contributed by atoms with Gasteiger partial charge in [0.05, 0.1) is 11.0 Å². The standard InChI is InChI=1S/C14H11BrFNO4/c1-8(18)9-2-4-13(11(16)6-9)21-14-5-3-10(15)7-12(14)17(19)20/h2-8,18H,1H3. The molecular formula is C14H11BrFNO4. The molecule has 0 aromatic heterocycles. The SMILES string of the molecule is CC(O)c1ccc(Oc2ccc(Br)cc2[N+](=O)[O-])c(F)c1. The van der Waals surface area contributed by atoms with Crippen molar-refractivity contribution < 1.29 is 19.2 Å². The van der Waals surface area contributed by atoms with Crippen LogP contribution >= 0.6 is 15.9 Å². The molecule has 2 rings (SSSR count). The third-order valence-corrected chi connectivity index (χ3v) is 3.27. The zero-order valence-electron chi connectivity index (χ0n) is 10.9. The van der Waals surface area contributed by atoms with E-state index in [0.717, 1.165) is 6.07 Å². The van der Waals surface area contributed by atoms with Gasteiger partial charge in [-0.25, -0.2) is 4.39 Å². The van der Waals surface area contributed by atoms with Crippen molar-refractivity contribution in [3.63, 3.8) is 0 Å². The van der Waals surface area contributed by atoms with E-state index in [1.165, 1.54) is 31.2 Å². The number of hydrogen-bond acceptors (Lipinski definition) is 4. The number of aliphatic hydroxyl groups excluding tert-OH is 1. The molecule has 0 radical (unpaired) electrons. The van der Waals surface area contributed by atoms with Gasteiger partial charge >= 0.3 is 5.69 Å². The molecule has 2 aromatic rings. The Morgan fingerprint density at radius 3 is 2.52 bits per heavy atom. The third kappa shape index (κ3) is 3.56. The Bertz CT molecular complexity index is 691. The van der Waals surface area contributed by atoms with Crippen LogP contribution in [-0.2, 0) is 0 Å². The van der Waals surface area contributed by atoms with E-state index < -0.39 is 16.8 Å². The molecule has 0 saturated heterocycles. The zero-order chi connectivity index (χ0) is 15.6. The van der Waals surface area contributed by atoms with Crippen molar-refractivity contribution in [1.29, 1.82) is 0 Å². The van der Waals surface area contributed by atoms with Crippen molar-refractivity contribution in [3.8, 4) is 11.5 Å². The number of halogens is 2. The van der Waals surface area contributed by atoms with Gasteiger partial charge in [-0.3, -0.25) is 10.1 Å². The Balaban J connectivity index is 2.37. The van der Waals surface area contributed by atoms with E-state index in [1.807, 2.05) is 0 Å². The van der Waals surface area contributed by atoms with E-state index in [0.29, 0.717) is 10.0 Å². The lowest BCUT2D eigenvalue weighted by Crippen LogP contribution is -1.97. The van der Waals surface area contributed by atoms with Crippen LogP contribution in [0.5, 0.6) is 11.5 Å². The highest BCUT2D eigenvalue weighted by Crippen LogP contribution is 2.35. The predicted octanol–water partition coefficient (Wildman–Crippen LogP) is 4.34. The van der Waals surface area contributed by atoms with Crippen LogP contribution in [0.15, 0.2) is 40.9 Å². The molecule has 2 aromatic carbocycles. The molecule has 7 heteroatoms. The molecule has 21 heavy (non-hydrogen) atoms. The van der Waals surface area contributed by atoms with Crippen molar-refractivity contribution in [3.05, 3.63) is 62.4 Å². The number of benzene rings is 2. The number of nitro groups is 1. The van der Waals surface area contributed by atoms with Gasteiger partial charge in [-0.1, -0.05) is 22.0 Å². The first-order valence-corrected chi connectivity index (χ1v) is 6.77. The fraction of sp³-hybridized carbons (Fsp3) is 0.143. The quantitative estimate of drug-likeness (QED) is 0.653. The van der Waals surface area contributed by atoms with Crippen molar-refractivity contribution in [2.24, 2.45) is 0 Å². The van der Waals surface area contributed by atoms with Crippen molar-refractivity contribution in [2.45, 2.75) is 13.0 Å². The van der Waals surface area contributed by atoms with Gasteiger partial charge in [0.1, 0.15) is 0 Å². The highest BCUT2D eigenvalue weighted by atomic mass is 79.9. The van der Waals surface area contributed by atoms with Gasteiger partial charge in [-0.05, 0) is 36.8 Å². The van der Waals surface area contributed by atoms with Crippen molar-refractivity contribution in [2.75, 3.05) is 0 Å². The molecule has 0 fully saturated rings. The Hall–Kier alpha value is -1.99. The van der Waals surface area contributed by atoms with E-state index >= 15 is 0 Å². The van der Waals surface area contributed by atoms with Crippen LogP contribution in [0, 0.1) is 15.9 Å². The van der Waals surface area contributed by atoms with Gasteiger partial charge in [0.15, 0.2) is 11.6 Å². The molecule has 0 spiro atoms. The second-order valence-electron chi connectivity index (χ2n) is 4.34. The molecule has 0 aliphatic rings. The number of nitrogens with zero attached hydrogens (tertiary/aromatic N) is 1. The molecule has 1 atom stereocenters. The minimum Gasteiger partial charge on any atom is -0.447 e. The summed E-state index contributed by atoms with van der Waals surface area (Å²) < 4.78 is 19.7. The molecule has 0 amide bonds. The first-order chi connectivity index (χ1) is 9.88. The lowest BCUT2D eigenvalue weighted by atomic mass is 10.1. The first kappa shape index (κ1) is 15.4. The Morgan fingerprint density at radius 2 is 1.95 bits per heavy atom. The molecule has 1 N–H and O–H groups in total. The van der Waals surface area contributed by atoms with Gasteiger partial charge in [0, 0.05) is 10.5 Å². The maximum Gasteiger partial charge on any atom is 0.312 e. The van der Waals surface area contributed by atoms with Crippen molar-refractivity contribution in [1.82, 2.24) is 0 Å². The molecule has 0 aliphatic heterocycles. The summed E-state index contributed by atoms with van der Waals surface area (Å²) in [6, 6.07) is 8.16. The van der Waals surface area contributed by atoms with E-state index in [1.54, 1.807) is 6.07 Å². The van der Waals surface area contributed by atoms with Crippen LogP contribution in [0.3, 0.4) is 0 Å². The largest absolute Gasteiger partial charge is 0.447 e. The average molecular weight is 356 g/mol. The normalized spacial score (nSPS) is 12.0. The molecule has 0 heterocycles. The van der Waals surface area contributed by atoms with Gasteiger partial charge in [0.25, 0.3) is 0 Å². The highest BCUT2D eigenvalue weighted by molar-refractivity contribution is 9.10. The molecule has 1 unspecified atom stereocenters. The summed E-state index contributed by atoms with van der Waals surface area (Å²) >= 11 is 3.13. The maximum atomic E-state index is 13.9. The van der Waals surface area contributed by atoms with E-state index in [9.17, 15) is 19.6 Å². The monoisotopic (exact) mass is 355 g/mol. The lowest BCUT2D eigenvalue weighted by molar-refractivity contribution is -0.385. The van der Waals surface area contributed by atoms with Gasteiger partial charge < -0.3 is 9.84 Å². The zero-order valence-corrected chi connectivity index (χ0v) is 12.5.